The van der Waals surface area contributed by atoms with Gasteiger partial charge in [0.05, 0.1) is 45.8 Å². The molecule has 248 valence electrons. The minimum absolute atomic E-state index is 0.185. The molecule has 4 heterocycles. The highest BCUT2D eigenvalue weighted by Crippen LogP contribution is 2.46. The standard InChI is InChI=1S/C37H41N7O4/c1-37(2,3)48-36(47)42-14-12-41(13-15-42)20-23-8-11-30-31(18-23)39-32(19-38-30)29-22-44(40-33(29)25-9-10-25)26-16-24(17-26)21-43-34(45)27-6-4-5-7-28(27)35(43)46/h4-8,11,18-19,22,24-26H,9-10,12-17,20-21H2,1-3H3. The maximum Gasteiger partial charge on any atom is 0.410 e. The van der Waals surface area contributed by atoms with Gasteiger partial charge < -0.3 is 9.64 Å². The molecule has 0 spiro atoms. The van der Waals surface area contributed by atoms with Gasteiger partial charge in [-0.05, 0) is 82.2 Å². The molecule has 48 heavy (non-hydrogen) atoms. The number of nitrogens with zero attached hydrogens (tertiary/aromatic N) is 7. The van der Waals surface area contributed by atoms with Gasteiger partial charge in [-0.3, -0.25) is 29.1 Å². The van der Waals surface area contributed by atoms with E-state index in [2.05, 4.69) is 27.9 Å². The fraction of sp³-hybridized carbons (Fsp3) is 0.459. The first-order valence-corrected chi connectivity index (χ1v) is 17.1. The third-order valence-corrected chi connectivity index (χ3v) is 9.94. The van der Waals surface area contributed by atoms with Crippen LogP contribution in [0.5, 0.6) is 0 Å². The molecule has 0 N–H and O–H groups in total. The fourth-order valence-electron chi connectivity index (χ4n) is 7.14. The number of fused-ring (bicyclic) bond motifs is 2. The van der Waals surface area contributed by atoms with Crippen molar-refractivity contribution in [1.29, 1.82) is 0 Å². The van der Waals surface area contributed by atoms with Crippen LogP contribution in [0.15, 0.2) is 54.9 Å². The van der Waals surface area contributed by atoms with Crippen molar-refractivity contribution < 1.29 is 19.1 Å². The molecular formula is C37H41N7O4. The predicted molar refractivity (Wildman–Crippen MR) is 179 cm³/mol. The minimum atomic E-state index is -0.496. The first-order valence-electron chi connectivity index (χ1n) is 17.1. The van der Waals surface area contributed by atoms with Crippen LogP contribution in [0, 0.1) is 5.92 Å². The normalized spacial score (nSPS) is 21.5. The Balaban J connectivity index is 0.933. The molecule has 11 nitrogen and oxygen atoms in total. The lowest BCUT2D eigenvalue weighted by molar-refractivity contribution is 0.0138. The number of carbonyl (C=O) groups is 3. The largest absolute Gasteiger partial charge is 0.444 e. The van der Waals surface area contributed by atoms with Crippen molar-refractivity contribution in [2.45, 2.75) is 70.6 Å². The van der Waals surface area contributed by atoms with Crippen LogP contribution in [0.1, 0.15) is 90.4 Å². The number of hydrogen-bond donors (Lipinski definition) is 0. The Labute approximate surface area is 279 Å². The molecule has 3 fully saturated rings. The lowest BCUT2D eigenvalue weighted by atomic mass is 9.80. The summed E-state index contributed by atoms with van der Waals surface area (Å²) in [6.07, 6.45) is 7.74. The summed E-state index contributed by atoms with van der Waals surface area (Å²) in [4.78, 5) is 53.6. The van der Waals surface area contributed by atoms with E-state index in [1.54, 1.807) is 29.2 Å². The summed E-state index contributed by atoms with van der Waals surface area (Å²) in [6.45, 7) is 9.76. The van der Waals surface area contributed by atoms with Gasteiger partial charge in [-0.15, -0.1) is 0 Å². The Morgan fingerprint density at radius 1 is 0.917 bits per heavy atom. The van der Waals surface area contributed by atoms with E-state index < -0.39 is 5.60 Å². The second-order valence-corrected chi connectivity index (χ2v) is 14.8. The average molecular weight is 648 g/mol. The van der Waals surface area contributed by atoms with Crippen molar-refractivity contribution in [3.05, 3.63) is 77.2 Å². The summed E-state index contributed by atoms with van der Waals surface area (Å²) in [5.41, 5.74) is 6.36. The van der Waals surface area contributed by atoms with Gasteiger partial charge in [-0.2, -0.15) is 5.10 Å². The maximum atomic E-state index is 12.9. The second kappa shape index (κ2) is 11.8. The zero-order valence-corrected chi connectivity index (χ0v) is 27.8. The molecule has 2 aliphatic heterocycles. The summed E-state index contributed by atoms with van der Waals surface area (Å²) in [6, 6.07) is 13.6. The van der Waals surface area contributed by atoms with Crippen LogP contribution >= 0.6 is 0 Å². The lowest BCUT2D eigenvalue weighted by Crippen LogP contribution is -2.49. The molecule has 0 bridgehead atoms. The Morgan fingerprint density at radius 2 is 1.62 bits per heavy atom. The van der Waals surface area contributed by atoms with Crippen molar-refractivity contribution in [2.24, 2.45) is 5.92 Å². The lowest BCUT2D eigenvalue weighted by Gasteiger charge is -2.37. The monoisotopic (exact) mass is 647 g/mol. The molecule has 4 aromatic rings. The molecule has 1 saturated heterocycles. The van der Waals surface area contributed by atoms with Crippen LogP contribution in [-0.2, 0) is 11.3 Å². The van der Waals surface area contributed by atoms with Gasteiger partial charge >= 0.3 is 6.09 Å². The highest BCUT2D eigenvalue weighted by molar-refractivity contribution is 6.21. The van der Waals surface area contributed by atoms with E-state index >= 15 is 0 Å². The van der Waals surface area contributed by atoms with Crippen molar-refractivity contribution in [3.63, 3.8) is 0 Å². The van der Waals surface area contributed by atoms with Crippen LogP contribution in [0.4, 0.5) is 4.79 Å². The van der Waals surface area contributed by atoms with Gasteiger partial charge in [-0.25, -0.2) is 9.78 Å². The van der Waals surface area contributed by atoms with Crippen molar-refractivity contribution in [2.75, 3.05) is 32.7 Å². The summed E-state index contributed by atoms with van der Waals surface area (Å²) in [5.74, 6) is 0.331. The Hall–Kier alpha value is -4.64. The van der Waals surface area contributed by atoms with Crippen LogP contribution in [0.25, 0.3) is 22.3 Å². The quantitative estimate of drug-likeness (QED) is 0.236. The molecule has 0 radical (unpaired) electrons. The highest BCUT2D eigenvalue weighted by atomic mass is 16.6. The zero-order chi connectivity index (χ0) is 33.2. The number of imide groups is 1. The molecule has 4 aliphatic rings. The first kappa shape index (κ1) is 30.7. The molecule has 2 aliphatic carbocycles. The molecule has 3 amide bonds. The number of rotatable bonds is 7. The van der Waals surface area contributed by atoms with Gasteiger partial charge in [0.2, 0.25) is 0 Å². The summed E-state index contributed by atoms with van der Waals surface area (Å²) in [7, 11) is 0. The molecule has 0 unspecified atom stereocenters. The number of piperazine rings is 1. The molecule has 2 aromatic carbocycles. The van der Waals surface area contributed by atoms with Gasteiger partial charge in [0, 0.05) is 56.9 Å². The Morgan fingerprint density at radius 3 is 2.29 bits per heavy atom. The van der Waals surface area contributed by atoms with Crippen LogP contribution in [0.2, 0.25) is 0 Å². The van der Waals surface area contributed by atoms with E-state index in [0.717, 1.165) is 78.9 Å². The Kier molecular flexibility index (Phi) is 7.54. The van der Waals surface area contributed by atoms with E-state index in [0.29, 0.717) is 36.7 Å². The van der Waals surface area contributed by atoms with E-state index in [1.165, 1.54) is 4.90 Å². The van der Waals surface area contributed by atoms with E-state index in [9.17, 15) is 14.4 Å². The molecule has 11 heteroatoms. The Bertz CT molecular complexity index is 1880. The number of hydrogen-bond acceptors (Lipinski definition) is 8. The first-order chi connectivity index (χ1) is 23.1. The summed E-state index contributed by atoms with van der Waals surface area (Å²) in [5, 5.41) is 5.07. The minimum Gasteiger partial charge on any atom is -0.444 e. The second-order valence-electron chi connectivity index (χ2n) is 14.8. The van der Waals surface area contributed by atoms with Gasteiger partial charge in [-0.1, -0.05) is 18.2 Å². The number of benzene rings is 2. The maximum absolute atomic E-state index is 12.9. The summed E-state index contributed by atoms with van der Waals surface area (Å²) < 4.78 is 7.63. The van der Waals surface area contributed by atoms with Crippen LogP contribution in [-0.4, -0.2) is 90.7 Å². The van der Waals surface area contributed by atoms with Crippen molar-refractivity contribution in [3.8, 4) is 11.3 Å². The average Bonchev–Trinajstić information content (AvgIpc) is 3.76. The van der Waals surface area contributed by atoms with Crippen molar-refractivity contribution in [1.82, 2.24) is 34.4 Å². The third kappa shape index (κ3) is 5.96. The number of amides is 3. The predicted octanol–water partition coefficient (Wildman–Crippen LogP) is 5.67. The van der Waals surface area contributed by atoms with Crippen LogP contribution < -0.4 is 0 Å². The van der Waals surface area contributed by atoms with Gasteiger partial charge in [0.1, 0.15) is 5.60 Å². The SMILES string of the molecule is CC(C)(C)OC(=O)N1CCN(Cc2ccc3ncc(-c4cn(C5CC(CN6C(=O)c7ccccc7C6=O)C5)nc4C4CC4)nc3c2)CC1. The van der Waals surface area contributed by atoms with Crippen molar-refractivity contribution >= 4 is 28.9 Å². The third-order valence-electron chi connectivity index (χ3n) is 9.94. The molecular weight excluding hydrogens is 606 g/mol. The highest BCUT2D eigenvalue weighted by Gasteiger charge is 2.41. The topological polar surface area (TPSA) is 114 Å². The molecule has 8 rings (SSSR count). The molecule has 0 atom stereocenters. The smallest absolute Gasteiger partial charge is 0.410 e. The zero-order valence-electron chi connectivity index (χ0n) is 27.8. The fourth-order valence-corrected chi connectivity index (χ4v) is 7.14. The molecule has 2 saturated carbocycles. The van der Waals surface area contributed by atoms with Gasteiger partial charge in [0.25, 0.3) is 11.8 Å². The number of carbonyl (C=O) groups excluding carboxylic acids is 3. The van der Waals surface area contributed by atoms with E-state index in [-0.39, 0.29) is 29.9 Å². The number of ether oxygens (including phenoxy) is 1. The van der Waals surface area contributed by atoms with Crippen LogP contribution in [0.3, 0.4) is 0 Å². The number of aromatic nitrogens is 4. The van der Waals surface area contributed by atoms with E-state index in [4.69, 9.17) is 19.8 Å². The van der Waals surface area contributed by atoms with E-state index in [1.807, 2.05) is 33.0 Å². The summed E-state index contributed by atoms with van der Waals surface area (Å²) >= 11 is 0. The molecule has 2 aromatic heterocycles. The van der Waals surface area contributed by atoms with Gasteiger partial charge in [0.15, 0.2) is 0 Å².